The number of nitrogens with zero attached hydrogens (tertiary/aromatic N) is 2. The summed E-state index contributed by atoms with van der Waals surface area (Å²) in [6, 6.07) is -0.204. The standard InChI is InChI=1S/C18H22N2O4S/c21-13-4-12(14-8-22-15(13)23-14)20-17(25)24-16(19-20)18-5-9-1-10(6-18)3-11(2-9)7-18/h9-12,14-15H,1-8H2/t9?,10?,11?,12-,14-,15-,18?/m1/s1. The Hall–Kier alpha value is -1.05. The first-order valence-corrected chi connectivity index (χ1v) is 9.90. The van der Waals surface area contributed by atoms with Crippen LogP contribution in [0.3, 0.4) is 0 Å². The summed E-state index contributed by atoms with van der Waals surface area (Å²) in [5.74, 6) is 3.25. The van der Waals surface area contributed by atoms with Crippen LogP contribution < -0.4 is 0 Å². The molecule has 2 saturated heterocycles. The number of hydrogen-bond acceptors (Lipinski definition) is 6. The molecule has 0 radical (unpaired) electrons. The molecule has 7 heteroatoms. The molecule has 6 bridgehead atoms. The van der Waals surface area contributed by atoms with Gasteiger partial charge in [-0.15, -0.1) is 5.10 Å². The zero-order valence-corrected chi connectivity index (χ0v) is 14.9. The lowest BCUT2D eigenvalue weighted by atomic mass is 9.49. The van der Waals surface area contributed by atoms with E-state index in [0.29, 0.717) is 17.9 Å². The molecule has 134 valence electrons. The molecule has 2 aliphatic heterocycles. The maximum absolute atomic E-state index is 12.1. The summed E-state index contributed by atoms with van der Waals surface area (Å²) in [6.07, 6.45) is 7.20. The fourth-order valence-electron chi connectivity index (χ4n) is 6.55. The van der Waals surface area contributed by atoms with E-state index in [-0.39, 0.29) is 23.3 Å². The van der Waals surface area contributed by atoms with Gasteiger partial charge in [0.25, 0.3) is 4.84 Å². The largest absolute Gasteiger partial charge is 0.413 e. The highest BCUT2D eigenvalue weighted by molar-refractivity contribution is 7.71. The zero-order valence-electron chi connectivity index (χ0n) is 14.1. The van der Waals surface area contributed by atoms with Crippen molar-refractivity contribution in [3.05, 3.63) is 10.7 Å². The first kappa shape index (κ1) is 15.1. The van der Waals surface area contributed by atoms with Crippen molar-refractivity contribution in [1.29, 1.82) is 0 Å². The van der Waals surface area contributed by atoms with Crippen LogP contribution in [0.15, 0.2) is 4.42 Å². The van der Waals surface area contributed by atoms with Crippen LogP contribution in [0.2, 0.25) is 0 Å². The molecule has 0 amide bonds. The summed E-state index contributed by atoms with van der Waals surface area (Å²) in [6.45, 7) is 0.419. The van der Waals surface area contributed by atoms with Gasteiger partial charge in [0.2, 0.25) is 12.2 Å². The van der Waals surface area contributed by atoms with Gasteiger partial charge >= 0.3 is 0 Å². The molecule has 7 rings (SSSR count). The number of hydrogen-bond donors (Lipinski definition) is 0. The third-order valence-electron chi connectivity index (χ3n) is 7.19. The van der Waals surface area contributed by atoms with Crippen molar-refractivity contribution < 1.29 is 18.7 Å². The van der Waals surface area contributed by atoms with Gasteiger partial charge in [-0.1, -0.05) is 0 Å². The molecule has 6 nitrogen and oxygen atoms in total. The molecule has 0 unspecified atom stereocenters. The van der Waals surface area contributed by atoms with E-state index >= 15 is 0 Å². The fourth-order valence-corrected chi connectivity index (χ4v) is 6.81. The Labute approximate surface area is 150 Å². The smallest absolute Gasteiger partial charge is 0.287 e. The van der Waals surface area contributed by atoms with E-state index in [4.69, 9.17) is 31.2 Å². The number of fused-ring (bicyclic) bond motifs is 2. The summed E-state index contributed by atoms with van der Waals surface area (Å²) in [5.41, 5.74) is 0.0712. The number of carbonyl (C=O) groups is 1. The average Bonchev–Trinajstić information content (AvgIpc) is 3.16. The van der Waals surface area contributed by atoms with Gasteiger partial charge in [0.05, 0.1) is 12.6 Å². The summed E-state index contributed by atoms with van der Waals surface area (Å²) in [7, 11) is 0. The summed E-state index contributed by atoms with van der Waals surface area (Å²) >= 11 is 5.49. The summed E-state index contributed by atoms with van der Waals surface area (Å²) < 4.78 is 18.9. The van der Waals surface area contributed by atoms with Gasteiger partial charge in [-0.25, -0.2) is 4.68 Å². The third kappa shape index (κ3) is 2.12. The van der Waals surface area contributed by atoms with Crippen molar-refractivity contribution in [3.8, 4) is 0 Å². The molecule has 4 saturated carbocycles. The van der Waals surface area contributed by atoms with Gasteiger partial charge in [-0.2, -0.15) is 0 Å². The molecule has 3 atom stereocenters. The molecule has 0 N–H and O–H groups in total. The first-order valence-electron chi connectivity index (χ1n) is 9.49. The van der Waals surface area contributed by atoms with Crippen LogP contribution in [0.5, 0.6) is 0 Å². The van der Waals surface area contributed by atoms with Crippen molar-refractivity contribution in [3.63, 3.8) is 0 Å². The minimum Gasteiger partial charge on any atom is -0.413 e. The predicted octanol–water partition coefficient (Wildman–Crippen LogP) is 2.93. The molecule has 4 aliphatic carbocycles. The monoisotopic (exact) mass is 362 g/mol. The Morgan fingerprint density at radius 1 is 1.12 bits per heavy atom. The van der Waals surface area contributed by atoms with Crippen LogP contribution in [-0.4, -0.2) is 34.6 Å². The number of aromatic nitrogens is 2. The van der Waals surface area contributed by atoms with E-state index in [1.165, 1.54) is 38.5 Å². The Balaban J connectivity index is 1.37. The molecular formula is C18H22N2O4S. The molecular weight excluding hydrogens is 340 g/mol. The quantitative estimate of drug-likeness (QED) is 0.754. The highest BCUT2D eigenvalue weighted by Gasteiger charge is 2.54. The maximum Gasteiger partial charge on any atom is 0.287 e. The van der Waals surface area contributed by atoms with Gasteiger partial charge in [-0.05, 0) is 68.5 Å². The van der Waals surface area contributed by atoms with Gasteiger partial charge in [-0.3, -0.25) is 4.79 Å². The minimum atomic E-state index is -0.690. The lowest BCUT2D eigenvalue weighted by Crippen LogP contribution is -2.48. The lowest BCUT2D eigenvalue weighted by Gasteiger charge is -2.55. The van der Waals surface area contributed by atoms with E-state index in [0.717, 1.165) is 23.6 Å². The second-order valence-corrected chi connectivity index (χ2v) is 9.24. The fraction of sp³-hybridized carbons (Fsp3) is 0.833. The van der Waals surface area contributed by atoms with E-state index in [9.17, 15) is 4.79 Å². The number of carbonyl (C=O) groups excluding carboxylic acids is 1. The Morgan fingerprint density at radius 2 is 1.80 bits per heavy atom. The number of rotatable bonds is 2. The number of Topliss-reactive ketones (excluding diaryl/α,β-unsaturated/α-hetero) is 1. The third-order valence-corrected chi connectivity index (χ3v) is 7.46. The summed E-state index contributed by atoms with van der Waals surface area (Å²) in [4.78, 5) is 12.5. The molecule has 0 spiro atoms. The highest BCUT2D eigenvalue weighted by Crippen LogP contribution is 2.60. The Bertz CT molecular complexity index is 764. The molecule has 1 aromatic rings. The van der Waals surface area contributed by atoms with Crippen molar-refractivity contribution in [2.24, 2.45) is 17.8 Å². The van der Waals surface area contributed by atoms with E-state index in [1.54, 1.807) is 4.68 Å². The Kier molecular flexibility index (Phi) is 3.02. The van der Waals surface area contributed by atoms with E-state index in [2.05, 4.69) is 0 Å². The molecule has 6 aliphatic rings. The summed E-state index contributed by atoms with van der Waals surface area (Å²) in [5, 5.41) is 4.83. The van der Waals surface area contributed by atoms with Crippen LogP contribution in [0.1, 0.15) is 56.9 Å². The Morgan fingerprint density at radius 3 is 2.48 bits per heavy atom. The van der Waals surface area contributed by atoms with Crippen LogP contribution in [-0.2, 0) is 19.7 Å². The minimum absolute atomic E-state index is 0.0278. The van der Waals surface area contributed by atoms with Gasteiger partial charge in [0.1, 0.15) is 6.10 Å². The van der Waals surface area contributed by atoms with Gasteiger partial charge in [0, 0.05) is 11.8 Å². The van der Waals surface area contributed by atoms with Crippen LogP contribution >= 0.6 is 12.2 Å². The number of ether oxygens (including phenoxy) is 2. The van der Waals surface area contributed by atoms with Gasteiger partial charge < -0.3 is 13.9 Å². The zero-order chi connectivity index (χ0) is 16.8. The van der Waals surface area contributed by atoms with Crippen LogP contribution in [0, 0.1) is 22.6 Å². The van der Waals surface area contributed by atoms with Crippen molar-refractivity contribution in [2.75, 3.05) is 6.61 Å². The molecule has 0 aromatic carbocycles. The second-order valence-electron chi connectivity index (χ2n) is 8.89. The van der Waals surface area contributed by atoms with Crippen molar-refractivity contribution in [1.82, 2.24) is 9.78 Å². The average molecular weight is 362 g/mol. The topological polar surface area (TPSA) is 66.5 Å². The molecule has 3 heterocycles. The lowest BCUT2D eigenvalue weighted by molar-refractivity contribution is -0.156. The van der Waals surface area contributed by atoms with Crippen LogP contribution in [0.4, 0.5) is 0 Å². The highest BCUT2D eigenvalue weighted by atomic mass is 32.1. The number of ketones is 1. The SMILES string of the molecule is O=C1C[C@@H](n2nc(C34CC5CC(CC(C5)C3)C4)oc2=S)[C@H]2CO[C@@H]1O2. The predicted molar refractivity (Wildman–Crippen MR) is 88.5 cm³/mol. The van der Waals surface area contributed by atoms with Crippen molar-refractivity contribution in [2.45, 2.75) is 68.8 Å². The van der Waals surface area contributed by atoms with Crippen molar-refractivity contribution >= 4 is 18.0 Å². The maximum atomic E-state index is 12.1. The molecule has 6 fully saturated rings. The first-order chi connectivity index (χ1) is 12.1. The molecule has 25 heavy (non-hydrogen) atoms. The van der Waals surface area contributed by atoms with E-state index < -0.39 is 6.29 Å². The molecule has 1 aromatic heterocycles. The van der Waals surface area contributed by atoms with Gasteiger partial charge in [0.15, 0.2) is 5.78 Å². The van der Waals surface area contributed by atoms with E-state index in [1.807, 2.05) is 0 Å². The second kappa shape index (κ2) is 5.02. The van der Waals surface area contributed by atoms with Crippen LogP contribution in [0.25, 0.3) is 0 Å². The normalized spacial score (nSPS) is 47.6.